The van der Waals surface area contributed by atoms with Crippen molar-refractivity contribution in [1.29, 1.82) is 0 Å². The lowest BCUT2D eigenvalue weighted by molar-refractivity contribution is -0.128. The monoisotopic (exact) mass is 365 g/mol. The molecule has 0 aliphatic rings. The molecule has 0 aliphatic heterocycles. The van der Waals surface area contributed by atoms with Crippen molar-refractivity contribution in [2.45, 2.75) is 39.8 Å². The molecule has 0 saturated heterocycles. The van der Waals surface area contributed by atoms with Gasteiger partial charge in [-0.1, -0.05) is 54.0 Å². The second-order valence-corrected chi connectivity index (χ2v) is 6.38. The van der Waals surface area contributed by atoms with Crippen LogP contribution >= 0.6 is 0 Å². The predicted molar refractivity (Wildman–Crippen MR) is 102 cm³/mol. The van der Waals surface area contributed by atoms with Crippen LogP contribution in [0.3, 0.4) is 0 Å². The van der Waals surface area contributed by atoms with Gasteiger partial charge in [-0.25, -0.2) is 0 Å². The summed E-state index contributed by atoms with van der Waals surface area (Å²) in [6.45, 7) is 6.02. The Kier molecular flexibility index (Phi) is 5.86. The van der Waals surface area contributed by atoms with E-state index in [-0.39, 0.29) is 12.5 Å². The number of ether oxygens (including phenoxy) is 1. The van der Waals surface area contributed by atoms with Crippen LogP contribution in [0.4, 0.5) is 0 Å². The van der Waals surface area contributed by atoms with Crippen LogP contribution in [0.1, 0.15) is 30.4 Å². The third-order valence-electron chi connectivity index (χ3n) is 4.18. The number of rotatable bonds is 7. The normalized spacial score (nSPS) is 11.8. The summed E-state index contributed by atoms with van der Waals surface area (Å²) in [5.41, 5.74) is 2.99. The van der Waals surface area contributed by atoms with Crippen LogP contribution in [0.5, 0.6) is 5.75 Å². The van der Waals surface area contributed by atoms with Gasteiger partial charge in [0.2, 0.25) is 11.7 Å². The molecule has 1 aromatic heterocycles. The zero-order valence-corrected chi connectivity index (χ0v) is 15.7. The van der Waals surface area contributed by atoms with Crippen molar-refractivity contribution in [3.05, 3.63) is 65.5 Å². The summed E-state index contributed by atoms with van der Waals surface area (Å²) in [6, 6.07) is 15.5. The predicted octanol–water partition coefficient (Wildman–Crippen LogP) is 3.83. The fourth-order valence-corrected chi connectivity index (χ4v) is 2.67. The molecule has 1 atom stereocenters. The fourth-order valence-electron chi connectivity index (χ4n) is 2.67. The van der Waals surface area contributed by atoms with Gasteiger partial charge in [-0.05, 0) is 38.0 Å². The number of hydrogen-bond acceptors (Lipinski definition) is 5. The minimum Gasteiger partial charge on any atom is -0.480 e. The second-order valence-electron chi connectivity index (χ2n) is 6.38. The van der Waals surface area contributed by atoms with Gasteiger partial charge in [0.25, 0.3) is 5.91 Å². The molecular weight excluding hydrogens is 342 g/mol. The van der Waals surface area contributed by atoms with Crippen molar-refractivity contribution >= 4 is 5.91 Å². The van der Waals surface area contributed by atoms with E-state index >= 15 is 0 Å². The van der Waals surface area contributed by atoms with Crippen LogP contribution in [0.2, 0.25) is 0 Å². The summed E-state index contributed by atoms with van der Waals surface area (Å²) >= 11 is 0. The van der Waals surface area contributed by atoms with Crippen LogP contribution in [-0.2, 0) is 11.3 Å². The number of aryl methyl sites for hydroxylation is 2. The number of nitrogens with zero attached hydrogens (tertiary/aromatic N) is 2. The molecule has 0 saturated carbocycles. The average molecular weight is 365 g/mol. The molecule has 27 heavy (non-hydrogen) atoms. The number of carbonyl (C=O) groups excluding carboxylic acids is 1. The van der Waals surface area contributed by atoms with Crippen LogP contribution in [-0.4, -0.2) is 22.2 Å². The van der Waals surface area contributed by atoms with Gasteiger partial charge in [-0.3, -0.25) is 4.79 Å². The van der Waals surface area contributed by atoms with Crippen molar-refractivity contribution < 1.29 is 14.1 Å². The Morgan fingerprint density at radius 2 is 2.00 bits per heavy atom. The maximum atomic E-state index is 12.5. The molecule has 0 unspecified atom stereocenters. The maximum absolute atomic E-state index is 12.5. The fraction of sp³-hybridized carbons (Fsp3) is 0.286. The molecule has 0 fully saturated rings. The molecule has 0 bridgehead atoms. The lowest BCUT2D eigenvalue weighted by Gasteiger charge is -2.18. The first kappa shape index (κ1) is 18.6. The Bertz CT molecular complexity index is 920. The molecule has 6 nitrogen and oxygen atoms in total. The first-order valence-electron chi connectivity index (χ1n) is 8.96. The standard InChI is InChI=1S/C21H23N3O3/c1-4-17(26-18-11-6-5-9-15(18)3)21(25)22-13-19-23-20(24-27-19)16-10-7-8-14(2)12-16/h5-12,17H,4,13H2,1-3H3,(H,22,25)/t17-/m0/s1. The Balaban J connectivity index is 1.60. The number of carbonyl (C=O) groups is 1. The molecule has 1 heterocycles. The summed E-state index contributed by atoms with van der Waals surface area (Å²) in [5, 5.41) is 6.79. The highest BCUT2D eigenvalue weighted by molar-refractivity contribution is 5.81. The highest BCUT2D eigenvalue weighted by Crippen LogP contribution is 2.19. The quantitative estimate of drug-likeness (QED) is 0.688. The molecule has 1 amide bonds. The van der Waals surface area contributed by atoms with Gasteiger partial charge >= 0.3 is 0 Å². The number of benzene rings is 2. The molecule has 0 spiro atoms. The van der Waals surface area contributed by atoms with Crippen molar-refractivity contribution in [1.82, 2.24) is 15.5 Å². The van der Waals surface area contributed by atoms with E-state index in [4.69, 9.17) is 9.26 Å². The Morgan fingerprint density at radius 1 is 1.19 bits per heavy atom. The van der Waals surface area contributed by atoms with Crippen LogP contribution in [0, 0.1) is 13.8 Å². The van der Waals surface area contributed by atoms with Crippen LogP contribution in [0.15, 0.2) is 53.1 Å². The third kappa shape index (κ3) is 4.73. The van der Waals surface area contributed by atoms with Gasteiger partial charge < -0.3 is 14.6 Å². The molecule has 3 rings (SSSR count). The molecule has 3 aromatic rings. The third-order valence-corrected chi connectivity index (χ3v) is 4.18. The van der Waals surface area contributed by atoms with E-state index in [0.29, 0.717) is 23.9 Å². The molecule has 2 aromatic carbocycles. The Labute approximate surface area is 158 Å². The number of aromatic nitrogens is 2. The zero-order valence-electron chi connectivity index (χ0n) is 15.7. The molecular formula is C21H23N3O3. The van der Waals surface area contributed by atoms with Gasteiger partial charge in [-0.2, -0.15) is 4.98 Å². The van der Waals surface area contributed by atoms with E-state index < -0.39 is 6.10 Å². The summed E-state index contributed by atoms with van der Waals surface area (Å²) in [4.78, 5) is 16.8. The summed E-state index contributed by atoms with van der Waals surface area (Å²) in [5.74, 6) is 1.35. The van der Waals surface area contributed by atoms with Crippen molar-refractivity contribution in [3.8, 4) is 17.1 Å². The highest BCUT2D eigenvalue weighted by Gasteiger charge is 2.20. The molecule has 6 heteroatoms. The maximum Gasteiger partial charge on any atom is 0.261 e. The van der Waals surface area contributed by atoms with E-state index in [0.717, 1.165) is 16.7 Å². The first-order valence-corrected chi connectivity index (χ1v) is 8.96. The summed E-state index contributed by atoms with van der Waals surface area (Å²) < 4.78 is 11.1. The molecule has 0 aliphatic carbocycles. The molecule has 1 N–H and O–H groups in total. The number of nitrogens with one attached hydrogen (secondary N) is 1. The number of amides is 1. The minimum atomic E-state index is -0.578. The second kappa shape index (κ2) is 8.49. The minimum absolute atomic E-state index is 0.158. The topological polar surface area (TPSA) is 77.2 Å². The largest absolute Gasteiger partial charge is 0.480 e. The first-order chi connectivity index (χ1) is 13.1. The molecule has 0 radical (unpaired) electrons. The lowest BCUT2D eigenvalue weighted by atomic mass is 10.1. The smallest absolute Gasteiger partial charge is 0.261 e. The highest BCUT2D eigenvalue weighted by atomic mass is 16.5. The molecule has 140 valence electrons. The SMILES string of the molecule is CC[C@H](Oc1ccccc1C)C(=O)NCc1nc(-c2cccc(C)c2)no1. The Hall–Kier alpha value is -3.15. The van der Waals surface area contributed by atoms with E-state index in [1.807, 2.05) is 69.3 Å². The van der Waals surface area contributed by atoms with Crippen molar-refractivity contribution in [2.24, 2.45) is 0 Å². The van der Waals surface area contributed by atoms with E-state index in [9.17, 15) is 4.79 Å². The van der Waals surface area contributed by atoms with Crippen LogP contribution < -0.4 is 10.1 Å². The van der Waals surface area contributed by atoms with E-state index in [1.165, 1.54) is 0 Å². The van der Waals surface area contributed by atoms with Crippen molar-refractivity contribution in [2.75, 3.05) is 0 Å². The lowest BCUT2D eigenvalue weighted by Crippen LogP contribution is -2.37. The summed E-state index contributed by atoms with van der Waals surface area (Å²) in [7, 11) is 0. The zero-order chi connectivity index (χ0) is 19.2. The van der Waals surface area contributed by atoms with Gasteiger partial charge in [-0.15, -0.1) is 0 Å². The average Bonchev–Trinajstić information content (AvgIpc) is 3.14. The van der Waals surface area contributed by atoms with Gasteiger partial charge in [0, 0.05) is 5.56 Å². The number of para-hydroxylation sites is 1. The van der Waals surface area contributed by atoms with Gasteiger partial charge in [0.1, 0.15) is 5.75 Å². The Morgan fingerprint density at radius 3 is 2.74 bits per heavy atom. The van der Waals surface area contributed by atoms with Crippen molar-refractivity contribution in [3.63, 3.8) is 0 Å². The van der Waals surface area contributed by atoms with Gasteiger partial charge in [0.05, 0.1) is 6.54 Å². The van der Waals surface area contributed by atoms with Gasteiger partial charge in [0.15, 0.2) is 6.10 Å². The van der Waals surface area contributed by atoms with E-state index in [1.54, 1.807) is 0 Å². The number of hydrogen-bond donors (Lipinski definition) is 1. The van der Waals surface area contributed by atoms with Crippen LogP contribution in [0.25, 0.3) is 11.4 Å². The van der Waals surface area contributed by atoms with E-state index in [2.05, 4.69) is 15.5 Å². The summed E-state index contributed by atoms with van der Waals surface area (Å²) in [6.07, 6.45) is -0.0243.